The molecule has 2 heterocycles. The van der Waals surface area contributed by atoms with Gasteiger partial charge in [0.1, 0.15) is 0 Å². The number of anilines is 1. The molecule has 2 aromatic rings. The number of thioether (sulfide) groups is 1. The topological polar surface area (TPSA) is 56.7 Å². The lowest BCUT2D eigenvalue weighted by Gasteiger charge is -2.01. The van der Waals surface area contributed by atoms with Crippen molar-refractivity contribution in [3.63, 3.8) is 0 Å². The maximum absolute atomic E-state index is 5.58. The first-order chi connectivity index (χ1) is 7.65. The number of hydrogen-bond donors (Lipinski definition) is 1. The Morgan fingerprint density at radius 3 is 2.81 bits per heavy atom. The van der Waals surface area contributed by atoms with E-state index in [4.69, 9.17) is 5.73 Å². The zero-order chi connectivity index (χ0) is 11.5. The van der Waals surface area contributed by atoms with Crippen LogP contribution in [-0.2, 0) is 12.8 Å². The number of nitrogens with two attached hydrogens (primary N) is 1. The van der Waals surface area contributed by atoms with Crippen LogP contribution in [0.2, 0.25) is 0 Å². The Hall–Kier alpha value is -1.49. The van der Waals surface area contributed by atoms with Crippen LogP contribution in [0.25, 0.3) is 0 Å². The molecule has 0 aliphatic heterocycles. The van der Waals surface area contributed by atoms with Gasteiger partial charge in [0.25, 0.3) is 0 Å². The van der Waals surface area contributed by atoms with Gasteiger partial charge in [-0.25, -0.2) is 4.98 Å². The van der Waals surface area contributed by atoms with Crippen molar-refractivity contribution in [3.8, 4) is 0 Å². The highest BCUT2D eigenvalue weighted by atomic mass is 32.2. The van der Waals surface area contributed by atoms with Gasteiger partial charge in [-0.1, -0.05) is 0 Å². The van der Waals surface area contributed by atoms with Gasteiger partial charge in [0.2, 0.25) is 0 Å². The van der Waals surface area contributed by atoms with Crippen LogP contribution in [0.15, 0.2) is 29.4 Å². The molecular weight excluding hydrogens is 220 g/mol. The van der Waals surface area contributed by atoms with Crippen molar-refractivity contribution in [2.24, 2.45) is 7.05 Å². The molecule has 84 valence electrons. The van der Waals surface area contributed by atoms with Gasteiger partial charge in [-0.15, -0.1) is 11.8 Å². The van der Waals surface area contributed by atoms with Gasteiger partial charge in [0.05, 0.1) is 22.6 Å². The lowest BCUT2D eigenvalue weighted by atomic mass is 10.4. The van der Waals surface area contributed by atoms with E-state index < -0.39 is 0 Å². The van der Waals surface area contributed by atoms with Crippen LogP contribution in [0.3, 0.4) is 0 Å². The van der Waals surface area contributed by atoms with E-state index in [0.29, 0.717) is 5.69 Å². The first-order valence-corrected chi connectivity index (χ1v) is 5.97. The van der Waals surface area contributed by atoms with Crippen molar-refractivity contribution in [2.75, 3.05) is 5.73 Å². The highest BCUT2D eigenvalue weighted by Gasteiger charge is 2.03. The zero-order valence-electron chi connectivity index (χ0n) is 9.34. The van der Waals surface area contributed by atoms with Crippen molar-refractivity contribution in [1.29, 1.82) is 0 Å². The van der Waals surface area contributed by atoms with Crippen molar-refractivity contribution in [2.45, 2.75) is 17.7 Å². The number of nitrogens with zero attached hydrogens (tertiary/aromatic N) is 3. The Morgan fingerprint density at radius 1 is 1.44 bits per heavy atom. The summed E-state index contributed by atoms with van der Waals surface area (Å²) < 4.78 is 1.90. The molecule has 0 unspecified atom stereocenters. The fourth-order valence-electron chi connectivity index (χ4n) is 1.42. The molecular formula is C11H14N4S. The summed E-state index contributed by atoms with van der Waals surface area (Å²) in [5.74, 6) is 0.869. The van der Waals surface area contributed by atoms with Gasteiger partial charge in [0.15, 0.2) is 0 Å². The Morgan fingerprint density at radius 2 is 2.25 bits per heavy atom. The van der Waals surface area contributed by atoms with Crippen LogP contribution in [0, 0.1) is 6.92 Å². The first kappa shape index (κ1) is 11.0. The third-order valence-electron chi connectivity index (χ3n) is 2.23. The minimum absolute atomic E-state index is 0.695. The van der Waals surface area contributed by atoms with Crippen LogP contribution >= 0.6 is 11.8 Å². The second-order valence-electron chi connectivity index (χ2n) is 3.62. The van der Waals surface area contributed by atoms with E-state index in [2.05, 4.69) is 16.1 Å². The summed E-state index contributed by atoms with van der Waals surface area (Å²) in [5, 5.41) is 5.28. The Bertz CT molecular complexity index is 475. The number of rotatable bonds is 3. The lowest BCUT2D eigenvalue weighted by molar-refractivity contribution is 0.727. The third kappa shape index (κ3) is 2.55. The largest absolute Gasteiger partial charge is 0.397 e. The van der Waals surface area contributed by atoms with E-state index in [9.17, 15) is 0 Å². The van der Waals surface area contributed by atoms with E-state index in [0.717, 1.165) is 16.5 Å². The monoisotopic (exact) mass is 234 g/mol. The quantitative estimate of drug-likeness (QED) is 0.825. The Kier molecular flexibility index (Phi) is 3.14. The van der Waals surface area contributed by atoms with E-state index in [1.165, 1.54) is 5.69 Å². The number of nitrogen functional groups attached to an aromatic ring is 1. The van der Waals surface area contributed by atoms with E-state index in [1.54, 1.807) is 18.0 Å². The van der Waals surface area contributed by atoms with Crippen molar-refractivity contribution in [3.05, 3.63) is 35.8 Å². The summed E-state index contributed by atoms with van der Waals surface area (Å²) >= 11 is 1.68. The smallest absolute Gasteiger partial charge is 0.0965 e. The zero-order valence-corrected chi connectivity index (χ0v) is 10.2. The molecule has 0 aliphatic rings. The summed E-state index contributed by atoms with van der Waals surface area (Å²) in [5.41, 5.74) is 8.51. The van der Waals surface area contributed by atoms with E-state index in [1.807, 2.05) is 30.8 Å². The SMILES string of the molecule is Cc1cc(CSc2ccc(N)cn2)n(C)n1. The molecule has 0 aromatic carbocycles. The van der Waals surface area contributed by atoms with Gasteiger partial charge >= 0.3 is 0 Å². The second-order valence-corrected chi connectivity index (χ2v) is 4.61. The minimum Gasteiger partial charge on any atom is -0.397 e. The van der Waals surface area contributed by atoms with Crippen LogP contribution < -0.4 is 5.73 Å². The molecule has 2 aromatic heterocycles. The normalized spacial score (nSPS) is 10.6. The average molecular weight is 234 g/mol. The first-order valence-electron chi connectivity index (χ1n) is 4.99. The molecule has 0 spiro atoms. The van der Waals surface area contributed by atoms with Gasteiger partial charge < -0.3 is 5.73 Å². The van der Waals surface area contributed by atoms with Crippen molar-refractivity contribution >= 4 is 17.4 Å². The summed E-state index contributed by atoms with van der Waals surface area (Å²) in [4.78, 5) is 4.24. The van der Waals surface area contributed by atoms with Crippen LogP contribution in [0.4, 0.5) is 5.69 Å². The molecule has 16 heavy (non-hydrogen) atoms. The lowest BCUT2D eigenvalue weighted by Crippen LogP contribution is -1.96. The van der Waals surface area contributed by atoms with Crippen LogP contribution in [-0.4, -0.2) is 14.8 Å². The maximum Gasteiger partial charge on any atom is 0.0965 e. The van der Waals surface area contributed by atoms with Crippen LogP contribution in [0.1, 0.15) is 11.4 Å². The molecule has 0 aliphatic carbocycles. The third-order valence-corrected chi connectivity index (χ3v) is 3.20. The molecule has 0 saturated heterocycles. The van der Waals surface area contributed by atoms with Gasteiger partial charge in [-0.05, 0) is 25.1 Å². The predicted molar refractivity (Wildman–Crippen MR) is 66.2 cm³/mol. The summed E-state index contributed by atoms with van der Waals surface area (Å²) in [6, 6.07) is 5.89. The Labute approximate surface area is 98.9 Å². The van der Waals surface area contributed by atoms with Crippen molar-refractivity contribution < 1.29 is 0 Å². The molecule has 2 rings (SSSR count). The Balaban J connectivity index is 2.02. The molecule has 0 radical (unpaired) electrons. The molecule has 2 N–H and O–H groups in total. The highest BCUT2D eigenvalue weighted by Crippen LogP contribution is 2.21. The summed E-state index contributed by atoms with van der Waals surface area (Å²) in [6.45, 7) is 2.00. The molecule has 0 fully saturated rings. The fraction of sp³-hybridized carbons (Fsp3) is 0.273. The molecule has 0 saturated carbocycles. The van der Waals surface area contributed by atoms with Gasteiger partial charge in [0, 0.05) is 18.5 Å². The fourth-order valence-corrected chi connectivity index (χ4v) is 2.28. The highest BCUT2D eigenvalue weighted by molar-refractivity contribution is 7.98. The minimum atomic E-state index is 0.695. The predicted octanol–water partition coefficient (Wildman–Crippen LogP) is 2.00. The summed E-state index contributed by atoms with van der Waals surface area (Å²) in [6.07, 6.45) is 1.68. The molecule has 4 nitrogen and oxygen atoms in total. The van der Waals surface area contributed by atoms with E-state index in [-0.39, 0.29) is 0 Å². The number of aryl methyl sites for hydroxylation is 2. The standard InChI is InChI=1S/C11H14N4S/c1-8-5-10(15(2)14-8)7-16-11-4-3-9(12)6-13-11/h3-6H,7,12H2,1-2H3. The summed E-state index contributed by atoms with van der Waals surface area (Å²) in [7, 11) is 1.96. The van der Waals surface area contributed by atoms with Gasteiger partial charge in [-0.2, -0.15) is 5.10 Å². The van der Waals surface area contributed by atoms with Gasteiger partial charge in [-0.3, -0.25) is 4.68 Å². The molecule has 0 atom stereocenters. The molecule has 0 bridgehead atoms. The molecule has 5 heteroatoms. The van der Waals surface area contributed by atoms with E-state index >= 15 is 0 Å². The van der Waals surface area contributed by atoms with Crippen LogP contribution in [0.5, 0.6) is 0 Å². The second kappa shape index (κ2) is 4.57. The number of hydrogen-bond acceptors (Lipinski definition) is 4. The number of pyridine rings is 1. The van der Waals surface area contributed by atoms with Crippen molar-refractivity contribution in [1.82, 2.24) is 14.8 Å². The maximum atomic E-state index is 5.58. The average Bonchev–Trinajstić information content (AvgIpc) is 2.57. The number of aromatic nitrogens is 3. The molecule has 0 amide bonds.